The molecular formula is C26H21F5N4O4. The van der Waals surface area contributed by atoms with Crippen molar-refractivity contribution in [3.63, 3.8) is 0 Å². The van der Waals surface area contributed by atoms with Gasteiger partial charge in [-0.25, -0.2) is 23.5 Å². The van der Waals surface area contributed by atoms with E-state index in [4.69, 9.17) is 14.6 Å². The number of pyridine rings is 1. The summed E-state index contributed by atoms with van der Waals surface area (Å²) in [5.74, 6) is -6.05. The lowest BCUT2D eigenvalue weighted by molar-refractivity contribution is -0.192. The van der Waals surface area contributed by atoms with Crippen LogP contribution in [-0.2, 0) is 4.79 Å². The standard InChI is InChI=1S/C24H20F2N4O2.C2HF3O2/c25-24(26)11-13-29(23(31)18-6-2-4-8-20(18)30-14-12-27-16-30)15-21(24)32-22-10-9-17-5-1-3-7-19(17)28-22;3-2(4,5)1(6)7/h1-10,12,14,16,21H,11,13,15H2;(H,6,7). The Hall–Kier alpha value is -4.55. The van der Waals surface area contributed by atoms with E-state index in [2.05, 4.69) is 9.97 Å². The Bertz CT molecular complexity index is 1460. The molecule has 0 bridgehead atoms. The van der Waals surface area contributed by atoms with Gasteiger partial charge in [-0.05, 0) is 24.3 Å². The summed E-state index contributed by atoms with van der Waals surface area (Å²) in [5, 5.41) is 8.02. The van der Waals surface area contributed by atoms with Crippen molar-refractivity contribution in [3.8, 4) is 11.6 Å². The topological polar surface area (TPSA) is 97.5 Å². The molecule has 1 amide bonds. The number of benzene rings is 2. The lowest BCUT2D eigenvalue weighted by atomic mass is 10.0. The lowest BCUT2D eigenvalue weighted by Crippen LogP contribution is -2.55. The molecule has 1 N–H and O–H groups in total. The van der Waals surface area contributed by atoms with Crippen LogP contribution in [0.1, 0.15) is 16.8 Å². The van der Waals surface area contributed by atoms with Crippen molar-refractivity contribution in [3.05, 3.63) is 84.9 Å². The minimum absolute atomic E-state index is 0.0604. The van der Waals surface area contributed by atoms with E-state index in [1.807, 2.05) is 24.3 Å². The number of hydrogen-bond acceptors (Lipinski definition) is 5. The van der Waals surface area contributed by atoms with Crippen LogP contribution in [0, 0.1) is 0 Å². The van der Waals surface area contributed by atoms with Crippen LogP contribution >= 0.6 is 0 Å². The number of nitrogens with zero attached hydrogens (tertiary/aromatic N) is 4. The number of para-hydroxylation sites is 2. The van der Waals surface area contributed by atoms with Crippen molar-refractivity contribution in [2.75, 3.05) is 13.1 Å². The molecule has 2 aromatic carbocycles. The minimum atomic E-state index is -5.08. The van der Waals surface area contributed by atoms with Crippen LogP contribution in [0.5, 0.6) is 5.88 Å². The molecule has 0 aliphatic carbocycles. The number of halogens is 5. The molecule has 5 rings (SSSR count). The first kappa shape index (κ1) is 27.5. The highest BCUT2D eigenvalue weighted by Crippen LogP contribution is 2.33. The van der Waals surface area contributed by atoms with Gasteiger partial charge in [0.15, 0.2) is 6.10 Å². The number of carbonyl (C=O) groups excluding carboxylic acids is 1. The summed E-state index contributed by atoms with van der Waals surface area (Å²) in [4.78, 5) is 32.0. The molecule has 39 heavy (non-hydrogen) atoms. The Morgan fingerprint density at radius 3 is 2.41 bits per heavy atom. The molecule has 1 unspecified atom stereocenters. The van der Waals surface area contributed by atoms with Gasteiger partial charge in [-0.1, -0.05) is 30.3 Å². The van der Waals surface area contributed by atoms with E-state index in [9.17, 15) is 26.7 Å². The number of carboxylic acids is 1. The van der Waals surface area contributed by atoms with E-state index in [-0.39, 0.29) is 24.9 Å². The molecule has 1 saturated heterocycles. The molecule has 0 spiro atoms. The number of aliphatic carboxylic acids is 1. The first-order valence-corrected chi connectivity index (χ1v) is 11.5. The highest BCUT2D eigenvalue weighted by Gasteiger charge is 2.47. The summed E-state index contributed by atoms with van der Waals surface area (Å²) in [6.07, 6.45) is -2.12. The number of piperidine rings is 1. The monoisotopic (exact) mass is 548 g/mol. The van der Waals surface area contributed by atoms with Crippen LogP contribution in [0.2, 0.25) is 0 Å². The third kappa shape index (κ3) is 6.48. The van der Waals surface area contributed by atoms with E-state index in [0.717, 1.165) is 5.39 Å². The Morgan fingerprint density at radius 2 is 1.72 bits per heavy atom. The number of carbonyl (C=O) groups is 2. The number of carboxylic acid groups (broad SMARTS) is 1. The van der Waals surface area contributed by atoms with Crippen LogP contribution in [0.25, 0.3) is 16.6 Å². The summed E-state index contributed by atoms with van der Waals surface area (Å²) in [6.45, 7) is -0.298. The largest absolute Gasteiger partial charge is 0.490 e. The number of imidazole rings is 1. The fourth-order valence-electron chi connectivity index (χ4n) is 3.89. The van der Waals surface area contributed by atoms with Crippen molar-refractivity contribution >= 4 is 22.8 Å². The van der Waals surface area contributed by atoms with Gasteiger partial charge < -0.3 is 19.3 Å². The third-order valence-corrected chi connectivity index (χ3v) is 5.85. The molecule has 1 aliphatic heterocycles. The first-order chi connectivity index (χ1) is 18.5. The molecule has 0 saturated carbocycles. The van der Waals surface area contributed by atoms with Crippen LogP contribution in [0.15, 0.2) is 79.4 Å². The predicted octanol–water partition coefficient (Wildman–Crippen LogP) is 4.98. The van der Waals surface area contributed by atoms with Gasteiger partial charge in [-0.2, -0.15) is 13.2 Å². The average Bonchev–Trinajstić information content (AvgIpc) is 3.44. The first-order valence-electron chi connectivity index (χ1n) is 11.5. The normalized spacial score (nSPS) is 16.7. The van der Waals surface area contributed by atoms with Crippen molar-refractivity contribution in [2.45, 2.75) is 24.6 Å². The Morgan fingerprint density at radius 1 is 1.03 bits per heavy atom. The fraction of sp³-hybridized carbons (Fsp3) is 0.231. The number of likely N-dealkylation sites (tertiary alicyclic amines) is 1. The SMILES string of the molecule is O=C(O)C(F)(F)F.O=C(c1ccccc1-n1ccnc1)N1CCC(F)(F)C(Oc2ccc3ccccc3n2)C1. The van der Waals surface area contributed by atoms with Gasteiger partial charge in [-0.3, -0.25) is 4.79 Å². The fourth-order valence-corrected chi connectivity index (χ4v) is 3.89. The number of hydrogen-bond donors (Lipinski definition) is 1. The van der Waals surface area contributed by atoms with E-state index in [1.54, 1.807) is 59.7 Å². The zero-order valence-corrected chi connectivity index (χ0v) is 20.1. The Balaban J connectivity index is 0.000000448. The molecule has 0 radical (unpaired) electrons. The molecule has 204 valence electrons. The summed E-state index contributed by atoms with van der Waals surface area (Å²) in [6, 6.07) is 17.8. The maximum Gasteiger partial charge on any atom is 0.490 e. The van der Waals surface area contributed by atoms with Gasteiger partial charge in [0.25, 0.3) is 11.8 Å². The van der Waals surface area contributed by atoms with Crippen molar-refractivity contribution in [1.29, 1.82) is 0 Å². The number of amides is 1. The number of aromatic nitrogens is 3. The summed E-state index contributed by atoms with van der Waals surface area (Å²) >= 11 is 0. The number of fused-ring (bicyclic) bond motifs is 1. The van der Waals surface area contributed by atoms with Gasteiger partial charge in [0.05, 0.1) is 29.6 Å². The molecule has 4 aromatic rings. The zero-order chi connectivity index (χ0) is 28.2. The molecule has 1 fully saturated rings. The van der Waals surface area contributed by atoms with Crippen LogP contribution in [0.4, 0.5) is 22.0 Å². The maximum atomic E-state index is 14.7. The van der Waals surface area contributed by atoms with Crippen molar-refractivity contribution in [2.24, 2.45) is 0 Å². The molecule has 3 heterocycles. The smallest absolute Gasteiger partial charge is 0.475 e. The van der Waals surface area contributed by atoms with E-state index < -0.39 is 30.6 Å². The summed E-state index contributed by atoms with van der Waals surface area (Å²) in [7, 11) is 0. The number of ether oxygens (including phenoxy) is 1. The summed E-state index contributed by atoms with van der Waals surface area (Å²) < 4.78 is 68.5. The third-order valence-electron chi connectivity index (χ3n) is 5.85. The zero-order valence-electron chi connectivity index (χ0n) is 20.1. The van der Waals surface area contributed by atoms with Gasteiger partial charge >= 0.3 is 12.1 Å². The number of rotatable bonds is 4. The molecule has 13 heteroatoms. The molecule has 8 nitrogen and oxygen atoms in total. The highest BCUT2D eigenvalue weighted by molar-refractivity contribution is 5.98. The molecule has 1 atom stereocenters. The van der Waals surface area contributed by atoms with E-state index in [0.29, 0.717) is 16.8 Å². The second-order valence-corrected chi connectivity index (χ2v) is 8.50. The van der Waals surface area contributed by atoms with Crippen LogP contribution in [-0.4, -0.2) is 67.7 Å². The van der Waals surface area contributed by atoms with E-state index >= 15 is 0 Å². The highest BCUT2D eigenvalue weighted by atomic mass is 19.4. The van der Waals surface area contributed by atoms with Gasteiger partial charge in [0, 0.05) is 36.8 Å². The van der Waals surface area contributed by atoms with Crippen molar-refractivity contribution in [1.82, 2.24) is 19.4 Å². The quantitative estimate of drug-likeness (QED) is 0.362. The van der Waals surface area contributed by atoms with Gasteiger partial charge in [0.1, 0.15) is 0 Å². The second kappa shape index (κ2) is 11.1. The lowest BCUT2D eigenvalue weighted by Gasteiger charge is -2.38. The molecular weight excluding hydrogens is 527 g/mol. The summed E-state index contributed by atoms with van der Waals surface area (Å²) in [5.41, 5.74) is 1.71. The van der Waals surface area contributed by atoms with Gasteiger partial charge in [-0.15, -0.1) is 0 Å². The van der Waals surface area contributed by atoms with Crippen LogP contribution < -0.4 is 4.74 Å². The molecule has 2 aromatic heterocycles. The predicted molar refractivity (Wildman–Crippen MR) is 129 cm³/mol. The van der Waals surface area contributed by atoms with E-state index in [1.165, 1.54) is 4.90 Å². The second-order valence-electron chi connectivity index (χ2n) is 8.50. The Labute approximate surface area is 218 Å². The van der Waals surface area contributed by atoms with Gasteiger partial charge in [0.2, 0.25) is 5.88 Å². The maximum absolute atomic E-state index is 14.7. The van der Waals surface area contributed by atoms with Crippen LogP contribution in [0.3, 0.4) is 0 Å². The Kier molecular flexibility index (Phi) is 7.79. The minimum Gasteiger partial charge on any atom is -0.475 e. The number of alkyl halides is 5. The van der Waals surface area contributed by atoms with Crippen molar-refractivity contribution < 1.29 is 41.4 Å². The molecule has 1 aliphatic rings. The average molecular weight is 548 g/mol.